The van der Waals surface area contributed by atoms with Gasteiger partial charge in [0.1, 0.15) is 0 Å². The second-order valence-corrected chi connectivity index (χ2v) is 6.23. The van der Waals surface area contributed by atoms with Gasteiger partial charge in [-0.05, 0) is 46.8 Å². The molecule has 0 spiro atoms. The molecular formula is C14H18BrN3S. The molecule has 0 bridgehead atoms. The van der Waals surface area contributed by atoms with Gasteiger partial charge < -0.3 is 5.73 Å². The van der Waals surface area contributed by atoms with Crippen LogP contribution in [0.25, 0.3) is 0 Å². The van der Waals surface area contributed by atoms with Gasteiger partial charge in [-0.1, -0.05) is 12.1 Å². The molecule has 2 aromatic rings. The number of rotatable bonds is 4. The molecule has 1 unspecified atom stereocenters. The molecule has 1 heterocycles. The Kier molecular flexibility index (Phi) is 4.71. The van der Waals surface area contributed by atoms with E-state index in [0.29, 0.717) is 0 Å². The second kappa shape index (κ2) is 6.11. The predicted molar refractivity (Wildman–Crippen MR) is 84.5 cm³/mol. The van der Waals surface area contributed by atoms with Crippen LogP contribution in [0.3, 0.4) is 0 Å². The third-order valence-electron chi connectivity index (χ3n) is 3.22. The zero-order chi connectivity index (χ0) is 14.0. The van der Waals surface area contributed by atoms with Gasteiger partial charge in [0, 0.05) is 24.4 Å². The normalized spacial score (nSPS) is 12.7. The number of nitrogens with zero attached hydrogens (tertiary/aromatic N) is 2. The van der Waals surface area contributed by atoms with Crippen molar-refractivity contribution < 1.29 is 0 Å². The lowest BCUT2D eigenvalue weighted by atomic mass is 10.0. The molecule has 5 heteroatoms. The summed E-state index contributed by atoms with van der Waals surface area (Å²) < 4.78 is 2.96. The number of aryl methyl sites for hydroxylation is 2. The molecule has 0 aliphatic rings. The molecule has 1 aromatic heterocycles. The van der Waals surface area contributed by atoms with Crippen LogP contribution in [0.2, 0.25) is 0 Å². The average molecular weight is 340 g/mol. The molecule has 102 valence electrons. The Bertz CT molecular complexity index is 563. The van der Waals surface area contributed by atoms with E-state index in [4.69, 9.17) is 5.73 Å². The minimum atomic E-state index is -0.0120. The highest BCUT2D eigenvalue weighted by molar-refractivity contribution is 9.10. The molecule has 0 fully saturated rings. The molecule has 0 radical (unpaired) electrons. The van der Waals surface area contributed by atoms with Crippen LogP contribution in [-0.4, -0.2) is 16.0 Å². The Labute approximate surface area is 126 Å². The molecule has 1 aromatic carbocycles. The lowest BCUT2D eigenvalue weighted by Gasteiger charge is -2.13. The van der Waals surface area contributed by atoms with E-state index < -0.39 is 0 Å². The summed E-state index contributed by atoms with van der Waals surface area (Å²) in [5, 5.41) is 4.40. The molecule has 0 saturated carbocycles. The smallest absolute Gasteiger partial charge is 0.0738 e. The fourth-order valence-corrected chi connectivity index (χ4v) is 2.99. The molecule has 0 aliphatic carbocycles. The maximum atomic E-state index is 6.30. The standard InChI is InChI=1S/C14H18BrN3S/c1-9-14(15)13(18(2)17-9)8-12(16)10-4-6-11(19-3)7-5-10/h4-7,12H,8,16H2,1-3H3. The van der Waals surface area contributed by atoms with E-state index in [1.807, 2.05) is 18.7 Å². The van der Waals surface area contributed by atoms with Crippen molar-refractivity contribution in [3.05, 3.63) is 45.7 Å². The first-order valence-electron chi connectivity index (χ1n) is 6.10. The summed E-state index contributed by atoms with van der Waals surface area (Å²) >= 11 is 5.32. The van der Waals surface area contributed by atoms with Gasteiger partial charge in [0.05, 0.1) is 15.9 Å². The Morgan fingerprint density at radius 2 is 2.00 bits per heavy atom. The SMILES string of the molecule is CSc1ccc(C(N)Cc2c(Br)c(C)nn2C)cc1. The van der Waals surface area contributed by atoms with Crippen LogP contribution >= 0.6 is 27.7 Å². The Hall–Kier alpha value is -0.780. The van der Waals surface area contributed by atoms with Crippen LogP contribution < -0.4 is 5.73 Å². The van der Waals surface area contributed by atoms with Gasteiger partial charge in [-0.2, -0.15) is 5.10 Å². The summed E-state index contributed by atoms with van der Waals surface area (Å²) in [5.41, 5.74) is 9.59. The van der Waals surface area contributed by atoms with Gasteiger partial charge >= 0.3 is 0 Å². The average Bonchev–Trinajstić information content (AvgIpc) is 2.65. The molecule has 19 heavy (non-hydrogen) atoms. The van der Waals surface area contributed by atoms with E-state index in [-0.39, 0.29) is 6.04 Å². The summed E-state index contributed by atoms with van der Waals surface area (Å²) in [6.07, 6.45) is 2.85. The minimum absolute atomic E-state index is 0.0120. The fourth-order valence-electron chi connectivity index (χ4n) is 2.08. The number of thioether (sulfide) groups is 1. The highest BCUT2D eigenvalue weighted by Crippen LogP contribution is 2.25. The van der Waals surface area contributed by atoms with E-state index in [2.05, 4.69) is 51.5 Å². The maximum Gasteiger partial charge on any atom is 0.0738 e. The van der Waals surface area contributed by atoms with Gasteiger partial charge in [-0.3, -0.25) is 4.68 Å². The van der Waals surface area contributed by atoms with Crippen molar-refractivity contribution in [1.82, 2.24) is 9.78 Å². The lowest BCUT2D eigenvalue weighted by Crippen LogP contribution is -2.15. The van der Waals surface area contributed by atoms with Gasteiger partial charge in [0.25, 0.3) is 0 Å². The zero-order valence-electron chi connectivity index (χ0n) is 11.4. The monoisotopic (exact) mass is 339 g/mol. The van der Waals surface area contributed by atoms with E-state index in [1.165, 1.54) is 4.90 Å². The second-order valence-electron chi connectivity index (χ2n) is 4.55. The first-order valence-corrected chi connectivity index (χ1v) is 8.12. The van der Waals surface area contributed by atoms with Crippen molar-refractivity contribution in [2.24, 2.45) is 12.8 Å². The van der Waals surface area contributed by atoms with Crippen molar-refractivity contribution in [3.8, 4) is 0 Å². The molecule has 0 saturated heterocycles. The third-order valence-corrected chi connectivity index (χ3v) is 4.99. The summed E-state index contributed by atoms with van der Waals surface area (Å²) in [7, 11) is 1.95. The first-order chi connectivity index (χ1) is 9.02. The van der Waals surface area contributed by atoms with E-state index in [1.54, 1.807) is 11.8 Å². The number of hydrogen-bond donors (Lipinski definition) is 1. The summed E-state index contributed by atoms with van der Waals surface area (Å²) in [6, 6.07) is 8.43. The van der Waals surface area contributed by atoms with E-state index >= 15 is 0 Å². The van der Waals surface area contributed by atoms with Gasteiger partial charge in [-0.15, -0.1) is 11.8 Å². The van der Waals surface area contributed by atoms with Gasteiger partial charge in [0.2, 0.25) is 0 Å². The van der Waals surface area contributed by atoms with Gasteiger partial charge in [0.15, 0.2) is 0 Å². The molecular weight excluding hydrogens is 322 g/mol. The number of hydrogen-bond acceptors (Lipinski definition) is 3. The minimum Gasteiger partial charge on any atom is -0.324 e. The molecule has 0 amide bonds. The highest BCUT2D eigenvalue weighted by Gasteiger charge is 2.15. The van der Waals surface area contributed by atoms with Gasteiger partial charge in [-0.25, -0.2) is 0 Å². The van der Waals surface area contributed by atoms with Crippen LogP contribution in [0.1, 0.15) is 23.0 Å². The van der Waals surface area contributed by atoms with E-state index in [9.17, 15) is 0 Å². The summed E-state index contributed by atoms with van der Waals surface area (Å²) in [4.78, 5) is 1.26. The molecule has 2 rings (SSSR count). The Balaban J connectivity index is 2.17. The molecule has 2 N–H and O–H groups in total. The van der Waals surface area contributed by atoms with E-state index in [0.717, 1.165) is 27.8 Å². The van der Waals surface area contributed by atoms with Crippen molar-refractivity contribution in [2.45, 2.75) is 24.3 Å². The lowest BCUT2D eigenvalue weighted by molar-refractivity contribution is 0.638. The number of halogens is 1. The molecule has 1 atom stereocenters. The zero-order valence-corrected chi connectivity index (χ0v) is 13.8. The van der Waals surface area contributed by atoms with Crippen molar-refractivity contribution in [1.29, 1.82) is 0 Å². The number of benzene rings is 1. The molecule has 3 nitrogen and oxygen atoms in total. The van der Waals surface area contributed by atoms with Crippen LogP contribution in [-0.2, 0) is 13.5 Å². The van der Waals surface area contributed by atoms with Crippen molar-refractivity contribution >= 4 is 27.7 Å². The maximum absolute atomic E-state index is 6.30. The summed E-state index contributed by atoms with van der Waals surface area (Å²) in [5.74, 6) is 0. The topological polar surface area (TPSA) is 43.8 Å². The van der Waals surface area contributed by atoms with Crippen molar-refractivity contribution in [2.75, 3.05) is 6.26 Å². The molecule has 0 aliphatic heterocycles. The highest BCUT2D eigenvalue weighted by atomic mass is 79.9. The largest absolute Gasteiger partial charge is 0.324 e. The fraction of sp³-hybridized carbons (Fsp3) is 0.357. The van der Waals surface area contributed by atoms with Crippen LogP contribution in [0.4, 0.5) is 0 Å². The summed E-state index contributed by atoms with van der Waals surface area (Å²) in [6.45, 7) is 1.99. The third kappa shape index (κ3) is 3.22. The number of aromatic nitrogens is 2. The van der Waals surface area contributed by atoms with Crippen molar-refractivity contribution in [3.63, 3.8) is 0 Å². The van der Waals surface area contributed by atoms with Crippen LogP contribution in [0.15, 0.2) is 33.6 Å². The first kappa shape index (κ1) is 14.6. The Morgan fingerprint density at radius 3 is 2.47 bits per heavy atom. The van der Waals surface area contributed by atoms with Crippen LogP contribution in [0.5, 0.6) is 0 Å². The predicted octanol–water partition coefficient (Wildman–Crippen LogP) is 3.46. The van der Waals surface area contributed by atoms with Crippen LogP contribution in [0, 0.1) is 6.92 Å². The number of nitrogens with two attached hydrogens (primary N) is 1. The Morgan fingerprint density at radius 1 is 1.37 bits per heavy atom. The quantitative estimate of drug-likeness (QED) is 0.867.